The van der Waals surface area contributed by atoms with Gasteiger partial charge in [-0.3, -0.25) is 9.59 Å². The second-order valence-electron chi connectivity index (χ2n) is 6.96. The van der Waals surface area contributed by atoms with Gasteiger partial charge in [0.1, 0.15) is 0 Å². The molecular formula is C23H19N3O4S2. The summed E-state index contributed by atoms with van der Waals surface area (Å²) in [4.78, 5) is 25.7. The molecule has 0 saturated carbocycles. The zero-order valence-electron chi connectivity index (χ0n) is 17.0. The molecule has 7 nitrogen and oxygen atoms in total. The highest BCUT2D eigenvalue weighted by atomic mass is 32.2. The molecule has 1 aliphatic heterocycles. The summed E-state index contributed by atoms with van der Waals surface area (Å²) in [5, 5.41) is 6.30. The number of fused-ring (bicyclic) bond motifs is 2. The molecule has 0 fully saturated rings. The fourth-order valence-electron chi connectivity index (χ4n) is 3.08. The van der Waals surface area contributed by atoms with Crippen molar-refractivity contribution in [3.8, 4) is 0 Å². The van der Waals surface area contributed by atoms with Gasteiger partial charge >= 0.3 is 0 Å². The number of ketones is 1. The lowest BCUT2D eigenvalue weighted by Gasteiger charge is -2.20. The van der Waals surface area contributed by atoms with E-state index < -0.39 is 15.9 Å². The first-order chi connectivity index (χ1) is 15.3. The largest absolute Gasteiger partial charge is 0.362 e. The molecule has 4 rings (SSSR count). The van der Waals surface area contributed by atoms with Crippen molar-refractivity contribution in [2.75, 3.05) is 10.6 Å². The maximum absolute atomic E-state index is 12.6. The molecule has 0 unspecified atom stereocenters. The molecule has 3 aromatic carbocycles. The molecule has 9 heteroatoms. The van der Waals surface area contributed by atoms with E-state index in [1.807, 2.05) is 41.1 Å². The van der Waals surface area contributed by atoms with E-state index >= 15 is 0 Å². The van der Waals surface area contributed by atoms with E-state index in [1.54, 1.807) is 30.0 Å². The Hall–Kier alpha value is -3.56. The Balaban J connectivity index is 1.41. The average molecular weight is 466 g/mol. The van der Waals surface area contributed by atoms with Gasteiger partial charge in [0.05, 0.1) is 16.3 Å². The van der Waals surface area contributed by atoms with E-state index in [0.717, 1.165) is 28.1 Å². The van der Waals surface area contributed by atoms with Crippen molar-refractivity contribution in [3.63, 3.8) is 0 Å². The minimum absolute atomic E-state index is 0.0284. The van der Waals surface area contributed by atoms with Gasteiger partial charge in [0.15, 0.2) is 5.78 Å². The molecule has 0 aliphatic carbocycles. The van der Waals surface area contributed by atoms with Gasteiger partial charge in [0, 0.05) is 40.2 Å². The van der Waals surface area contributed by atoms with E-state index in [1.165, 1.54) is 24.4 Å². The first-order valence-corrected chi connectivity index (χ1v) is 11.9. The highest BCUT2D eigenvalue weighted by Crippen LogP contribution is 2.44. The molecule has 3 aromatic rings. The van der Waals surface area contributed by atoms with Crippen LogP contribution in [0.25, 0.3) is 0 Å². The van der Waals surface area contributed by atoms with Crippen molar-refractivity contribution in [3.05, 3.63) is 84.6 Å². The van der Waals surface area contributed by atoms with Crippen LogP contribution in [0.4, 0.5) is 17.1 Å². The van der Waals surface area contributed by atoms with Crippen LogP contribution in [-0.4, -0.2) is 20.1 Å². The van der Waals surface area contributed by atoms with Crippen LogP contribution >= 0.6 is 11.8 Å². The van der Waals surface area contributed by atoms with E-state index in [4.69, 9.17) is 0 Å². The van der Waals surface area contributed by atoms with Crippen LogP contribution in [0.3, 0.4) is 0 Å². The predicted molar refractivity (Wildman–Crippen MR) is 125 cm³/mol. The third-order valence-electron chi connectivity index (χ3n) is 4.57. The van der Waals surface area contributed by atoms with E-state index in [0.29, 0.717) is 11.3 Å². The van der Waals surface area contributed by atoms with Gasteiger partial charge in [-0.25, -0.2) is 13.1 Å². The van der Waals surface area contributed by atoms with Crippen molar-refractivity contribution in [1.29, 1.82) is 0 Å². The van der Waals surface area contributed by atoms with Crippen LogP contribution in [0.2, 0.25) is 0 Å². The Morgan fingerprint density at radius 1 is 0.938 bits per heavy atom. The molecule has 0 bridgehead atoms. The number of hydrogen-bond acceptors (Lipinski definition) is 7. The zero-order valence-corrected chi connectivity index (χ0v) is 18.6. The minimum atomic E-state index is -3.88. The molecule has 0 spiro atoms. The van der Waals surface area contributed by atoms with Gasteiger partial charge in [-0.05, 0) is 54.6 Å². The second kappa shape index (κ2) is 8.89. The van der Waals surface area contributed by atoms with Gasteiger partial charge < -0.3 is 10.6 Å². The van der Waals surface area contributed by atoms with Crippen LogP contribution < -0.4 is 15.4 Å². The van der Waals surface area contributed by atoms with Gasteiger partial charge in [0.2, 0.25) is 5.91 Å². The third-order valence-corrected chi connectivity index (χ3v) is 7.17. The lowest BCUT2D eigenvalue weighted by Crippen LogP contribution is -2.28. The predicted octanol–water partition coefficient (Wildman–Crippen LogP) is 4.53. The normalized spacial score (nSPS) is 12.4. The summed E-state index contributed by atoms with van der Waals surface area (Å²) >= 11 is 1.65. The highest BCUT2D eigenvalue weighted by molar-refractivity contribution is 7.99. The Morgan fingerprint density at radius 3 is 2.41 bits per heavy atom. The maximum atomic E-state index is 12.6. The summed E-state index contributed by atoms with van der Waals surface area (Å²) < 4.78 is 25.8. The summed E-state index contributed by atoms with van der Waals surface area (Å²) in [7, 11) is -3.88. The molecule has 1 amide bonds. The number of nitrogens with one attached hydrogen (secondary N) is 3. The number of allylic oxidation sites excluding steroid dienone is 1. The van der Waals surface area contributed by atoms with Crippen LogP contribution in [0.1, 0.15) is 17.3 Å². The first kappa shape index (κ1) is 21.7. The van der Waals surface area contributed by atoms with Crippen molar-refractivity contribution in [2.45, 2.75) is 21.6 Å². The number of para-hydroxylation sites is 1. The number of anilines is 3. The van der Waals surface area contributed by atoms with Crippen molar-refractivity contribution in [2.24, 2.45) is 0 Å². The number of amides is 1. The average Bonchev–Trinajstić information content (AvgIpc) is 2.76. The SMILES string of the molecule is CC(=O)NS(=O)(=O)c1ccc(N/C=C\C(=O)c2ccc3c(c2)Nc2ccccc2S3)cc1. The Morgan fingerprint density at radius 2 is 1.66 bits per heavy atom. The second-order valence-corrected chi connectivity index (χ2v) is 9.73. The molecular weight excluding hydrogens is 446 g/mol. The summed E-state index contributed by atoms with van der Waals surface area (Å²) in [6.45, 7) is 1.13. The highest BCUT2D eigenvalue weighted by Gasteiger charge is 2.17. The third kappa shape index (κ3) is 4.84. The number of rotatable bonds is 6. The van der Waals surface area contributed by atoms with Crippen molar-refractivity contribution >= 4 is 50.5 Å². The number of carbonyl (C=O) groups excluding carboxylic acids is 2. The summed E-state index contributed by atoms with van der Waals surface area (Å²) in [6, 6.07) is 19.4. The van der Waals surface area contributed by atoms with Crippen LogP contribution in [-0.2, 0) is 14.8 Å². The maximum Gasteiger partial charge on any atom is 0.264 e. The number of carbonyl (C=O) groups is 2. The molecule has 0 saturated heterocycles. The van der Waals surface area contributed by atoms with Gasteiger partial charge in [0.25, 0.3) is 10.0 Å². The van der Waals surface area contributed by atoms with Crippen molar-refractivity contribution in [1.82, 2.24) is 4.72 Å². The smallest absolute Gasteiger partial charge is 0.264 e. The fraction of sp³-hybridized carbons (Fsp3) is 0.0435. The summed E-state index contributed by atoms with van der Waals surface area (Å²) in [6.07, 6.45) is 2.91. The zero-order chi connectivity index (χ0) is 22.7. The van der Waals surface area contributed by atoms with Crippen LogP contribution in [0, 0.1) is 0 Å². The molecule has 3 N–H and O–H groups in total. The molecule has 0 radical (unpaired) electrons. The van der Waals surface area contributed by atoms with Gasteiger partial charge in [-0.1, -0.05) is 23.9 Å². The molecule has 0 atom stereocenters. The number of sulfonamides is 1. The lowest BCUT2D eigenvalue weighted by atomic mass is 10.1. The lowest BCUT2D eigenvalue weighted by molar-refractivity contribution is -0.117. The quantitative estimate of drug-likeness (QED) is 0.284. The molecule has 162 valence electrons. The first-order valence-electron chi connectivity index (χ1n) is 9.61. The van der Waals surface area contributed by atoms with Crippen LogP contribution in [0.5, 0.6) is 0 Å². The summed E-state index contributed by atoms with van der Waals surface area (Å²) in [5.41, 5.74) is 3.04. The van der Waals surface area contributed by atoms with Gasteiger partial charge in [-0.2, -0.15) is 0 Å². The summed E-state index contributed by atoms with van der Waals surface area (Å²) in [5.74, 6) is -0.829. The fourth-order valence-corrected chi connectivity index (χ4v) is 5.04. The molecule has 32 heavy (non-hydrogen) atoms. The van der Waals surface area contributed by atoms with Gasteiger partial charge in [-0.15, -0.1) is 0 Å². The standard InChI is InChI=1S/C23H19N3O4S2/c1-15(27)26-32(29,30)18-9-7-17(8-10-18)24-13-12-21(28)16-6-11-23-20(14-16)25-19-4-2-3-5-22(19)31-23/h2-14,24-25H,1H3,(H,26,27)/b13-12-. The molecule has 1 heterocycles. The van der Waals surface area contributed by atoms with E-state index in [2.05, 4.69) is 10.6 Å². The minimum Gasteiger partial charge on any atom is -0.362 e. The van der Waals surface area contributed by atoms with Crippen LogP contribution in [0.15, 0.2) is 93.7 Å². The molecule has 1 aliphatic rings. The monoisotopic (exact) mass is 465 g/mol. The molecule has 0 aromatic heterocycles. The van der Waals surface area contributed by atoms with E-state index in [-0.39, 0.29) is 10.7 Å². The number of benzene rings is 3. The Kier molecular flexibility index (Phi) is 6.02. The topological polar surface area (TPSA) is 104 Å². The number of hydrogen-bond donors (Lipinski definition) is 3. The van der Waals surface area contributed by atoms with Crippen molar-refractivity contribution < 1.29 is 18.0 Å². The van der Waals surface area contributed by atoms with E-state index in [9.17, 15) is 18.0 Å². The Bertz CT molecular complexity index is 1330. The Labute approximate surface area is 190 Å².